The standard InChI is InChI=1S/C14H23N3O2/c1-9-11(3)19-13(16-9)8-15-10(2)14(18)17-12-6-4-5-7-12/h10,12,15H,4-8H2,1-3H3,(H,17,18). The zero-order valence-electron chi connectivity index (χ0n) is 12.0. The fraction of sp³-hybridized carbons (Fsp3) is 0.714. The molecule has 2 rings (SSSR count). The fourth-order valence-corrected chi connectivity index (χ4v) is 2.34. The third-order valence-electron chi connectivity index (χ3n) is 3.73. The summed E-state index contributed by atoms with van der Waals surface area (Å²) in [6, 6.07) is 0.135. The third kappa shape index (κ3) is 3.80. The Morgan fingerprint density at radius 3 is 2.68 bits per heavy atom. The van der Waals surface area contributed by atoms with Crippen LogP contribution in [0.3, 0.4) is 0 Å². The van der Waals surface area contributed by atoms with Gasteiger partial charge in [0.15, 0.2) is 0 Å². The molecular weight excluding hydrogens is 242 g/mol. The van der Waals surface area contributed by atoms with E-state index in [4.69, 9.17) is 4.42 Å². The molecule has 0 radical (unpaired) electrons. The van der Waals surface area contributed by atoms with Crippen molar-refractivity contribution >= 4 is 5.91 Å². The second-order valence-corrected chi connectivity index (χ2v) is 5.34. The largest absolute Gasteiger partial charge is 0.444 e. The smallest absolute Gasteiger partial charge is 0.237 e. The van der Waals surface area contributed by atoms with Crippen LogP contribution >= 0.6 is 0 Å². The average Bonchev–Trinajstić information content (AvgIpc) is 2.97. The quantitative estimate of drug-likeness (QED) is 0.852. The van der Waals surface area contributed by atoms with E-state index in [0.717, 1.165) is 24.3 Å². The maximum absolute atomic E-state index is 12.0. The zero-order chi connectivity index (χ0) is 13.8. The van der Waals surface area contributed by atoms with E-state index in [2.05, 4.69) is 15.6 Å². The summed E-state index contributed by atoms with van der Waals surface area (Å²) in [5.74, 6) is 1.53. The molecule has 2 N–H and O–H groups in total. The molecule has 1 aromatic rings. The Labute approximate surface area is 114 Å². The zero-order valence-corrected chi connectivity index (χ0v) is 12.0. The topological polar surface area (TPSA) is 67.2 Å². The maximum atomic E-state index is 12.0. The summed E-state index contributed by atoms with van der Waals surface area (Å²) in [5, 5.41) is 6.22. The fourth-order valence-electron chi connectivity index (χ4n) is 2.34. The third-order valence-corrected chi connectivity index (χ3v) is 3.73. The van der Waals surface area contributed by atoms with Gasteiger partial charge in [-0.25, -0.2) is 4.98 Å². The van der Waals surface area contributed by atoms with Gasteiger partial charge in [-0.1, -0.05) is 12.8 Å². The minimum Gasteiger partial charge on any atom is -0.444 e. The van der Waals surface area contributed by atoms with E-state index in [-0.39, 0.29) is 11.9 Å². The number of carbonyl (C=O) groups is 1. The number of carbonyl (C=O) groups excluding carboxylic acids is 1. The van der Waals surface area contributed by atoms with Crippen LogP contribution in [-0.4, -0.2) is 23.0 Å². The van der Waals surface area contributed by atoms with Crippen LogP contribution in [0.25, 0.3) is 0 Å². The molecule has 1 saturated carbocycles. The molecule has 0 saturated heterocycles. The summed E-state index contributed by atoms with van der Waals surface area (Å²) in [4.78, 5) is 16.3. The van der Waals surface area contributed by atoms with Gasteiger partial charge in [0.25, 0.3) is 0 Å². The van der Waals surface area contributed by atoms with Gasteiger partial charge in [0.2, 0.25) is 11.8 Å². The summed E-state index contributed by atoms with van der Waals surface area (Å²) < 4.78 is 5.47. The second-order valence-electron chi connectivity index (χ2n) is 5.34. The van der Waals surface area contributed by atoms with Gasteiger partial charge in [-0.3, -0.25) is 10.1 Å². The van der Waals surface area contributed by atoms with E-state index in [0.29, 0.717) is 18.5 Å². The molecule has 0 aromatic carbocycles. The van der Waals surface area contributed by atoms with E-state index in [1.165, 1.54) is 12.8 Å². The van der Waals surface area contributed by atoms with Gasteiger partial charge in [0.05, 0.1) is 18.3 Å². The number of aryl methyl sites for hydroxylation is 2. The number of nitrogens with zero attached hydrogens (tertiary/aromatic N) is 1. The van der Waals surface area contributed by atoms with Gasteiger partial charge >= 0.3 is 0 Å². The molecule has 1 amide bonds. The molecule has 1 aliphatic carbocycles. The second kappa shape index (κ2) is 6.19. The molecule has 1 heterocycles. The summed E-state index contributed by atoms with van der Waals surface area (Å²) >= 11 is 0. The van der Waals surface area contributed by atoms with Crippen LogP contribution in [0.5, 0.6) is 0 Å². The molecule has 0 bridgehead atoms. The SMILES string of the molecule is Cc1nc(CNC(C)C(=O)NC2CCCC2)oc1C. The Kier molecular flexibility index (Phi) is 4.58. The summed E-state index contributed by atoms with van der Waals surface area (Å²) in [5.41, 5.74) is 0.903. The highest BCUT2D eigenvalue weighted by molar-refractivity contribution is 5.81. The lowest BCUT2D eigenvalue weighted by Crippen LogP contribution is -2.45. The summed E-state index contributed by atoms with van der Waals surface area (Å²) in [7, 11) is 0. The van der Waals surface area contributed by atoms with Crippen molar-refractivity contribution in [3.8, 4) is 0 Å². The highest BCUT2D eigenvalue weighted by Crippen LogP contribution is 2.17. The first-order valence-electron chi connectivity index (χ1n) is 7.03. The van der Waals surface area contributed by atoms with Crippen LogP contribution in [0.1, 0.15) is 50.0 Å². The van der Waals surface area contributed by atoms with Crippen LogP contribution in [0, 0.1) is 13.8 Å². The molecular formula is C14H23N3O2. The molecule has 1 unspecified atom stereocenters. The van der Waals surface area contributed by atoms with Crippen molar-refractivity contribution in [2.45, 2.75) is 65.1 Å². The Morgan fingerprint density at radius 1 is 1.42 bits per heavy atom. The van der Waals surface area contributed by atoms with E-state index in [1.54, 1.807) is 0 Å². The van der Waals surface area contributed by atoms with Gasteiger partial charge in [-0.2, -0.15) is 0 Å². The molecule has 1 aromatic heterocycles. The lowest BCUT2D eigenvalue weighted by molar-refractivity contribution is -0.123. The Hall–Kier alpha value is -1.36. The number of hydrogen-bond donors (Lipinski definition) is 2. The van der Waals surface area contributed by atoms with Crippen molar-refractivity contribution in [2.75, 3.05) is 0 Å². The van der Waals surface area contributed by atoms with Crippen LogP contribution in [-0.2, 0) is 11.3 Å². The van der Waals surface area contributed by atoms with E-state index >= 15 is 0 Å². The molecule has 0 aliphatic heterocycles. The highest BCUT2D eigenvalue weighted by Gasteiger charge is 2.20. The first-order chi connectivity index (χ1) is 9.06. The Morgan fingerprint density at radius 2 is 2.11 bits per heavy atom. The average molecular weight is 265 g/mol. The predicted octanol–water partition coefficient (Wildman–Crippen LogP) is 1.83. The minimum atomic E-state index is -0.229. The molecule has 1 atom stereocenters. The van der Waals surface area contributed by atoms with Crippen molar-refractivity contribution in [2.24, 2.45) is 0 Å². The monoisotopic (exact) mass is 265 g/mol. The lowest BCUT2D eigenvalue weighted by atomic mass is 10.2. The molecule has 0 spiro atoms. The normalized spacial score (nSPS) is 17.6. The van der Waals surface area contributed by atoms with Gasteiger partial charge in [-0.15, -0.1) is 0 Å². The van der Waals surface area contributed by atoms with E-state index in [1.807, 2.05) is 20.8 Å². The number of oxazole rings is 1. The maximum Gasteiger partial charge on any atom is 0.237 e. The molecule has 5 heteroatoms. The Bertz CT molecular complexity index is 416. The minimum absolute atomic E-state index is 0.0619. The van der Waals surface area contributed by atoms with Crippen LogP contribution in [0.2, 0.25) is 0 Å². The van der Waals surface area contributed by atoms with Gasteiger partial charge in [0.1, 0.15) is 5.76 Å². The van der Waals surface area contributed by atoms with Crippen LogP contribution < -0.4 is 10.6 Å². The Balaban J connectivity index is 1.76. The van der Waals surface area contributed by atoms with Crippen molar-refractivity contribution in [3.63, 3.8) is 0 Å². The van der Waals surface area contributed by atoms with E-state index in [9.17, 15) is 4.79 Å². The molecule has 19 heavy (non-hydrogen) atoms. The van der Waals surface area contributed by atoms with Gasteiger partial charge in [0, 0.05) is 6.04 Å². The molecule has 106 valence electrons. The lowest BCUT2D eigenvalue weighted by Gasteiger charge is -2.17. The number of rotatable bonds is 5. The van der Waals surface area contributed by atoms with Crippen LogP contribution in [0.4, 0.5) is 0 Å². The molecule has 5 nitrogen and oxygen atoms in total. The predicted molar refractivity (Wildman–Crippen MR) is 72.7 cm³/mol. The summed E-state index contributed by atoms with van der Waals surface area (Å²) in [6.45, 7) is 6.15. The van der Waals surface area contributed by atoms with Crippen molar-refractivity contribution in [1.82, 2.24) is 15.6 Å². The first-order valence-corrected chi connectivity index (χ1v) is 7.03. The van der Waals surface area contributed by atoms with Gasteiger partial charge in [-0.05, 0) is 33.6 Å². The molecule has 1 aliphatic rings. The summed E-state index contributed by atoms with van der Waals surface area (Å²) in [6.07, 6.45) is 4.66. The van der Waals surface area contributed by atoms with Crippen molar-refractivity contribution in [3.05, 3.63) is 17.3 Å². The number of aromatic nitrogens is 1. The molecule has 1 fully saturated rings. The van der Waals surface area contributed by atoms with Gasteiger partial charge < -0.3 is 9.73 Å². The first kappa shape index (κ1) is 14.1. The number of amides is 1. The highest BCUT2D eigenvalue weighted by atomic mass is 16.4. The van der Waals surface area contributed by atoms with Crippen molar-refractivity contribution in [1.29, 1.82) is 0 Å². The van der Waals surface area contributed by atoms with E-state index < -0.39 is 0 Å². The van der Waals surface area contributed by atoms with Crippen LogP contribution in [0.15, 0.2) is 4.42 Å². The van der Waals surface area contributed by atoms with Crippen molar-refractivity contribution < 1.29 is 9.21 Å². The number of nitrogens with one attached hydrogen (secondary N) is 2. The number of hydrogen-bond acceptors (Lipinski definition) is 4.